The Morgan fingerprint density at radius 3 is 2.45 bits per heavy atom. The van der Waals surface area contributed by atoms with Crippen molar-refractivity contribution < 1.29 is 4.79 Å². The summed E-state index contributed by atoms with van der Waals surface area (Å²) in [4.78, 5) is 19.0. The van der Waals surface area contributed by atoms with E-state index < -0.39 is 0 Å². The Balaban J connectivity index is 1.68. The van der Waals surface area contributed by atoms with Gasteiger partial charge in [0.1, 0.15) is 0 Å². The van der Waals surface area contributed by atoms with Crippen molar-refractivity contribution in [3.8, 4) is 0 Å². The van der Waals surface area contributed by atoms with Gasteiger partial charge in [0.05, 0.1) is 16.6 Å². The lowest BCUT2D eigenvalue weighted by atomic mass is 9.91. The van der Waals surface area contributed by atoms with Gasteiger partial charge < -0.3 is 9.88 Å². The third kappa shape index (κ3) is 3.11. The van der Waals surface area contributed by atoms with Crippen LogP contribution < -0.4 is 0 Å². The van der Waals surface area contributed by atoms with Crippen molar-refractivity contribution in [1.29, 1.82) is 0 Å². The number of fused-ring (bicyclic) bond motifs is 3. The van der Waals surface area contributed by atoms with E-state index in [0.29, 0.717) is 22.2 Å². The number of carbonyl (C=O) groups excluding carboxylic acids is 1. The zero-order valence-corrected chi connectivity index (χ0v) is 17.0. The Morgan fingerprint density at radius 2 is 1.66 bits per heavy atom. The summed E-state index contributed by atoms with van der Waals surface area (Å²) >= 11 is 12.5. The van der Waals surface area contributed by atoms with E-state index in [1.165, 1.54) is 10.9 Å². The molecule has 0 spiro atoms. The first kappa shape index (κ1) is 18.3. The van der Waals surface area contributed by atoms with Gasteiger partial charge in [-0.2, -0.15) is 0 Å². The first-order chi connectivity index (χ1) is 14.1. The number of carbonyl (C=O) groups is 1. The van der Waals surface area contributed by atoms with Crippen LogP contribution in [0.25, 0.3) is 10.9 Å². The maximum atomic E-state index is 13.5. The third-order valence-corrected chi connectivity index (χ3v) is 6.17. The zero-order chi connectivity index (χ0) is 20.0. The monoisotopic (exact) mass is 420 g/mol. The van der Waals surface area contributed by atoms with Crippen molar-refractivity contribution >= 4 is 40.0 Å². The van der Waals surface area contributed by atoms with E-state index in [9.17, 15) is 4.79 Å². The summed E-state index contributed by atoms with van der Waals surface area (Å²) in [5.41, 5.74) is 4.95. The lowest BCUT2D eigenvalue weighted by Gasteiger charge is -2.36. The van der Waals surface area contributed by atoms with Crippen molar-refractivity contribution in [3.63, 3.8) is 0 Å². The number of amides is 1. The molecule has 1 atom stereocenters. The van der Waals surface area contributed by atoms with Crippen molar-refractivity contribution in [2.45, 2.75) is 12.5 Å². The molecular weight excluding hydrogens is 403 g/mol. The Morgan fingerprint density at radius 1 is 0.931 bits per heavy atom. The Hall–Kier alpha value is -2.75. The molecule has 0 unspecified atom stereocenters. The van der Waals surface area contributed by atoms with Gasteiger partial charge in [-0.3, -0.25) is 4.79 Å². The fourth-order valence-electron chi connectivity index (χ4n) is 4.24. The zero-order valence-electron chi connectivity index (χ0n) is 15.5. The van der Waals surface area contributed by atoms with Crippen LogP contribution in [0.1, 0.15) is 33.2 Å². The van der Waals surface area contributed by atoms with E-state index >= 15 is 0 Å². The first-order valence-electron chi connectivity index (χ1n) is 9.54. The minimum atomic E-state index is -0.229. The van der Waals surface area contributed by atoms with Gasteiger partial charge in [-0.1, -0.05) is 65.7 Å². The maximum absolute atomic E-state index is 13.5. The van der Waals surface area contributed by atoms with E-state index in [-0.39, 0.29) is 11.9 Å². The van der Waals surface area contributed by atoms with Gasteiger partial charge in [0.25, 0.3) is 5.91 Å². The number of benzene rings is 3. The highest BCUT2D eigenvalue weighted by atomic mass is 35.5. The predicted octanol–water partition coefficient (Wildman–Crippen LogP) is 6.26. The molecule has 1 N–H and O–H groups in total. The van der Waals surface area contributed by atoms with Crippen LogP contribution in [-0.2, 0) is 6.42 Å². The lowest BCUT2D eigenvalue weighted by molar-refractivity contribution is 0.0692. The molecule has 4 aromatic rings. The summed E-state index contributed by atoms with van der Waals surface area (Å²) in [6.07, 6.45) is 0.791. The summed E-state index contributed by atoms with van der Waals surface area (Å²) in [6.45, 7) is 0.617. The molecule has 0 saturated carbocycles. The van der Waals surface area contributed by atoms with E-state index in [0.717, 1.165) is 23.2 Å². The fraction of sp³-hybridized carbons (Fsp3) is 0.125. The molecule has 1 aliphatic rings. The summed E-state index contributed by atoms with van der Waals surface area (Å²) < 4.78 is 0. The molecule has 0 radical (unpaired) electrons. The molecule has 1 aliphatic heterocycles. The Labute approximate surface area is 178 Å². The summed E-state index contributed by atoms with van der Waals surface area (Å²) in [7, 11) is 0. The molecule has 1 aromatic heterocycles. The van der Waals surface area contributed by atoms with Gasteiger partial charge >= 0.3 is 0 Å². The second kappa shape index (κ2) is 7.25. The van der Waals surface area contributed by atoms with Crippen LogP contribution in [0.5, 0.6) is 0 Å². The van der Waals surface area contributed by atoms with Crippen LogP contribution in [0.2, 0.25) is 10.0 Å². The van der Waals surface area contributed by atoms with Crippen molar-refractivity contribution in [3.05, 3.63) is 105 Å². The quantitative estimate of drug-likeness (QED) is 0.407. The second-order valence-corrected chi connectivity index (χ2v) is 8.09. The molecular formula is C24H18Cl2N2O. The largest absolute Gasteiger partial charge is 0.356 e. The van der Waals surface area contributed by atoms with Gasteiger partial charge in [0.15, 0.2) is 0 Å². The number of para-hydroxylation sites is 1. The molecule has 29 heavy (non-hydrogen) atoms. The predicted molar refractivity (Wildman–Crippen MR) is 118 cm³/mol. The Kier molecular flexibility index (Phi) is 4.57. The standard InChI is InChI=1S/C24H18Cl2N2O/c25-16-11-9-15(10-12-16)23-22-18(17-5-2-4-8-21(17)27-22)13-14-28(23)24(29)19-6-1-3-7-20(19)26/h1-12,23,27H,13-14H2/t23-/m1/s1. The molecule has 144 valence electrons. The molecule has 0 saturated heterocycles. The maximum Gasteiger partial charge on any atom is 0.256 e. The minimum Gasteiger partial charge on any atom is -0.356 e. The molecule has 3 nitrogen and oxygen atoms in total. The van der Waals surface area contributed by atoms with Gasteiger partial charge in [-0.25, -0.2) is 0 Å². The molecule has 2 heterocycles. The molecule has 0 aliphatic carbocycles. The number of rotatable bonds is 2. The average molecular weight is 421 g/mol. The lowest BCUT2D eigenvalue weighted by Crippen LogP contribution is -2.40. The Bertz CT molecular complexity index is 1210. The minimum absolute atomic E-state index is 0.0696. The van der Waals surface area contributed by atoms with Crippen LogP contribution in [-0.4, -0.2) is 22.3 Å². The number of nitrogens with one attached hydrogen (secondary N) is 1. The highest BCUT2D eigenvalue weighted by molar-refractivity contribution is 6.33. The van der Waals surface area contributed by atoms with E-state index in [4.69, 9.17) is 23.2 Å². The van der Waals surface area contributed by atoms with Crippen molar-refractivity contribution in [2.24, 2.45) is 0 Å². The SMILES string of the molecule is O=C(c1ccccc1Cl)N1CCc2c([nH]c3ccccc23)[C@H]1c1ccc(Cl)cc1. The summed E-state index contributed by atoms with van der Waals surface area (Å²) in [6, 6.07) is 23.0. The van der Waals surface area contributed by atoms with Gasteiger partial charge in [-0.05, 0) is 47.9 Å². The molecule has 5 heteroatoms. The second-order valence-electron chi connectivity index (χ2n) is 7.25. The fourth-order valence-corrected chi connectivity index (χ4v) is 4.58. The van der Waals surface area contributed by atoms with E-state index in [2.05, 4.69) is 23.2 Å². The number of aromatic amines is 1. The average Bonchev–Trinajstić information content (AvgIpc) is 3.12. The third-order valence-electron chi connectivity index (χ3n) is 5.59. The highest BCUT2D eigenvalue weighted by Crippen LogP contribution is 2.39. The molecule has 5 rings (SSSR count). The van der Waals surface area contributed by atoms with E-state index in [1.54, 1.807) is 12.1 Å². The number of halogens is 2. The highest BCUT2D eigenvalue weighted by Gasteiger charge is 2.35. The number of aromatic nitrogens is 1. The van der Waals surface area contributed by atoms with Crippen molar-refractivity contribution in [1.82, 2.24) is 9.88 Å². The van der Waals surface area contributed by atoms with Crippen LogP contribution in [0.3, 0.4) is 0 Å². The number of nitrogens with zero attached hydrogens (tertiary/aromatic N) is 1. The smallest absolute Gasteiger partial charge is 0.256 e. The summed E-state index contributed by atoms with van der Waals surface area (Å²) in [5.74, 6) is -0.0696. The molecule has 0 bridgehead atoms. The number of hydrogen-bond acceptors (Lipinski definition) is 1. The van der Waals surface area contributed by atoms with Gasteiger partial charge in [0.2, 0.25) is 0 Å². The van der Waals surface area contributed by atoms with Crippen LogP contribution in [0.4, 0.5) is 0 Å². The van der Waals surface area contributed by atoms with E-state index in [1.807, 2.05) is 47.4 Å². The first-order valence-corrected chi connectivity index (χ1v) is 10.3. The number of H-pyrrole nitrogens is 1. The molecule has 0 fully saturated rings. The molecule has 3 aromatic carbocycles. The molecule has 1 amide bonds. The normalized spacial score (nSPS) is 16.1. The number of hydrogen-bond donors (Lipinski definition) is 1. The van der Waals surface area contributed by atoms with Crippen LogP contribution in [0, 0.1) is 0 Å². The van der Waals surface area contributed by atoms with Gasteiger partial charge in [-0.15, -0.1) is 0 Å². The van der Waals surface area contributed by atoms with Crippen LogP contribution in [0.15, 0.2) is 72.8 Å². The van der Waals surface area contributed by atoms with Crippen LogP contribution >= 0.6 is 23.2 Å². The van der Waals surface area contributed by atoms with Crippen molar-refractivity contribution in [2.75, 3.05) is 6.54 Å². The van der Waals surface area contributed by atoms with Gasteiger partial charge in [0, 0.05) is 28.2 Å². The summed E-state index contributed by atoms with van der Waals surface area (Å²) in [5, 5.41) is 2.35. The topological polar surface area (TPSA) is 36.1 Å².